The molecule has 1 heterocycles. The number of halogens is 2. The van der Waals surface area contributed by atoms with Gasteiger partial charge < -0.3 is 15.5 Å². The summed E-state index contributed by atoms with van der Waals surface area (Å²) in [5.41, 5.74) is 5.75. The maximum absolute atomic E-state index is 13.7. The number of piperazine rings is 1. The Morgan fingerprint density at radius 1 is 1.12 bits per heavy atom. The van der Waals surface area contributed by atoms with E-state index in [1.54, 1.807) is 4.90 Å². The van der Waals surface area contributed by atoms with Crippen LogP contribution in [0.4, 0.5) is 8.78 Å². The lowest BCUT2D eigenvalue weighted by atomic mass is 10.0. The summed E-state index contributed by atoms with van der Waals surface area (Å²) in [6, 6.07) is 2.35. The summed E-state index contributed by atoms with van der Waals surface area (Å²) in [6.07, 6.45) is 0.610. The van der Waals surface area contributed by atoms with Crippen LogP contribution in [-0.4, -0.2) is 53.8 Å². The Balaban J connectivity index is 1.94. The highest BCUT2D eigenvalue weighted by Crippen LogP contribution is 2.15. The van der Waals surface area contributed by atoms with Gasteiger partial charge in [0, 0.05) is 32.2 Å². The number of benzene rings is 1. The molecule has 1 aromatic rings. The second-order valence-corrected chi connectivity index (χ2v) is 6.48. The van der Waals surface area contributed by atoms with Gasteiger partial charge in [-0.3, -0.25) is 9.59 Å². The van der Waals surface area contributed by atoms with Crippen molar-refractivity contribution in [1.29, 1.82) is 0 Å². The SMILES string of the molecule is CC(C)C[C@H](N)C(=O)N1CCN(C(=O)c2ccc(F)cc2F)CC1. The summed E-state index contributed by atoms with van der Waals surface area (Å²) in [5, 5.41) is 0. The molecule has 1 aromatic carbocycles. The quantitative estimate of drug-likeness (QED) is 0.906. The second kappa shape index (κ2) is 7.70. The highest BCUT2D eigenvalue weighted by Gasteiger charge is 2.28. The summed E-state index contributed by atoms with van der Waals surface area (Å²) in [6.45, 7) is 5.33. The van der Waals surface area contributed by atoms with Crippen LogP contribution in [0.1, 0.15) is 30.6 Å². The van der Waals surface area contributed by atoms with Crippen molar-refractivity contribution in [2.75, 3.05) is 26.2 Å². The molecule has 5 nitrogen and oxygen atoms in total. The molecule has 2 N–H and O–H groups in total. The lowest BCUT2D eigenvalue weighted by Crippen LogP contribution is -2.54. The average molecular weight is 339 g/mol. The molecule has 24 heavy (non-hydrogen) atoms. The van der Waals surface area contributed by atoms with Crippen LogP contribution in [0.5, 0.6) is 0 Å². The molecule has 1 saturated heterocycles. The summed E-state index contributed by atoms with van der Waals surface area (Å²) in [4.78, 5) is 27.7. The molecule has 0 aliphatic carbocycles. The zero-order chi connectivity index (χ0) is 17.9. The number of nitrogens with two attached hydrogens (primary N) is 1. The van der Waals surface area contributed by atoms with Crippen molar-refractivity contribution < 1.29 is 18.4 Å². The first-order chi connectivity index (χ1) is 11.3. The van der Waals surface area contributed by atoms with Gasteiger partial charge in [0.05, 0.1) is 11.6 Å². The van der Waals surface area contributed by atoms with E-state index in [0.29, 0.717) is 44.6 Å². The van der Waals surface area contributed by atoms with Crippen LogP contribution >= 0.6 is 0 Å². The van der Waals surface area contributed by atoms with Crippen molar-refractivity contribution >= 4 is 11.8 Å². The second-order valence-electron chi connectivity index (χ2n) is 6.48. The molecule has 0 saturated carbocycles. The molecule has 0 radical (unpaired) electrons. The van der Waals surface area contributed by atoms with Crippen LogP contribution in [0.2, 0.25) is 0 Å². The van der Waals surface area contributed by atoms with Crippen LogP contribution < -0.4 is 5.73 Å². The predicted molar refractivity (Wildman–Crippen MR) is 86.3 cm³/mol. The van der Waals surface area contributed by atoms with Gasteiger partial charge in [0.1, 0.15) is 11.6 Å². The molecule has 0 aromatic heterocycles. The van der Waals surface area contributed by atoms with Crippen molar-refractivity contribution in [3.63, 3.8) is 0 Å². The minimum Gasteiger partial charge on any atom is -0.338 e. The molecule has 2 rings (SSSR count). The standard InChI is InChI=1S/C17H23F2N3O2/c1-11(2)9-15(20)17(24)22-7-5-21(6-8-22)16(23)13-4-3-12(18)10-14(13)19/h3-4,10-11,15H,5-9,20H2,1-2H3/t15-/m0/s1. The monoisotopic (exact) mass is 339 g/mol. The van der Waals surface area contributed by atoms with E-state index < -0.39 is 23.6 Å². The molecule has 1 aliphatic heterocycles. The summed E-state index contributed by atoms with van der Waals surface area (Å²) >= 11 is 0. The molecule has 0 spiro atoms. The zero-order valence-corrected chi connectivity index (χ0v) is 14.0. The molecular formula is C17H23F2N3O2. The third-order valence-electron chi connectivity index (χ3n) is 4.08. The fourth-order valence-corrected chi connectivity index (χ4v) is 2.81. The number of hydrogen-bond acceptors (Lipinski definition) is 3. The van der Waals surface area contributed by atoms with E-state index in [0.717, 1.165) is 12.1 Å². The highest BCUT2D eigenvalue weighted by molar-refractivity contribution is 5.94. The molecule has 1 aliphatic rings. The minimum absolute atomic E-state index is 0.122. The fourth-order valence-electron chi connectivity index (χ4n) is 2.81. The van der Waals surface area contributed by atoms with Gasteiger partial charge in [0.15, 0.2) is 0 Å². The van der Waals surface area contributed by atoms with Gasteiger partial charge in [0.25, 0.3) is 5.91 Å². The van der Waals surface area contributed by atoms with E-state index in [2.05, 4.69) is 0 Å². The highest BCUT2D eigenvalue weighted by atomic mass is 19.1. The van der Waals surface area contributed by atoms with Gasteiger partial charge in [-0.1, -0.05) is 13.8 Å². The first kappa shape index (κ1) is 18.3. The maximum atomic E-state index is 13.7. The first-order valence-corrected chi connectivity index (χ1v) is 8.08. The summed E-state index contributed by atoms with van der Waals surface area (Å²) in [7, 11) is 0. The zero-order valence-electron chi connectivity index (χ0n) is 14.0. The van der Waals surface area contributed by atoms with E-state index in [-0.39, 0.29) is 11.5 Å². The lowest BCUT2D eigenvalue weighted by molar-refractivity contribution is -0.134. The minimum atomic E-state index is -0.877. The number of amides is 2. The Kier molecular flexibility index (Phi) is 5.88. The van der Waals surface area contributed by atoms with Gasteiger partial charge >= 0.3 is 0 Å². The van der Waals surface area contributed by atoms with Gasteiger partial charge in [-0.05, 0) is 24.5 Å². The van der Waals surface area contributed by atoms with Crippen molar-refractivity contribution in [2.24, 2.45) is 11.7 Å². The summed E-state index contributed by atoms with van der Waals surface area (Å²) in [5.74, 6) is -1.89. The molecular weight excluding hydrogens is 316 g/mol. The van der Waals surface area contributed by atoms with E-state index in [9.17, 15) is 18.4 Å². The van der Waals surface area contributed by atoms with Crippen molar-refractivity contribution in [3.8, 4) is 0 Å². The Bertz CT molecular complexity index is 614. The number of carbonyl (C=O) groups is 2. The lowest BCUT2D eigenvalue weighted by Gasteiger charge is -2.36. The Morgan fingerprint density at radius 3 is 2.25 bits per heavy atom. The van der Waals surface area contributed by atoms with E-state index in [1.165, 1.54) is 4.90 Å². The third kappa shape index (κ3) is 4.29. The van der Waals surface area contributed by atoms with Crippen LogP contribution in [0, 0.1) is 17.6 Å². The van der Waals surface area contributed by atoms with Gasteiger partial charge in [0.2, 0.25) is 5.91 Å². The Morgan fingerprint density at radius 2 is 1.71 bits per heavy atom. The largest absolute Gasteiger partial charge is 0.338 e. The molecule has 1 fully saturated rings. The van der Waals surface area contributed by atoms with Crippen LogP contribution in [0.3, 0.4) is 0 Å². The maximum Gasteiger partial charge on any atom is 0.256 e. The average Bonchev–Trinajstić information content (AvgIpc) is 2.53. The Hall–Kier alpha value is -2.02. The normalized spacial score (nSPS) is 16.4. The number of rotatable bonds is 4. The van der Waals surface area contributed by atoms with Crippen molar-refractivity contribution in [3.05, 3.63) is 35.4 Å². The van der Waals surface area contributed by atoms with Crippen molar-refractivity contribution in [2.45, 2.75) is 26.3 Å². The molecule has 132 valence electrons. The van der Waals surface area contributed by atoms with Gasteiger partial charge in [-0.15, -0.1) is 0 Å². The van der Waals surface area contributed by atoms with Crippen LogP contribution in [-0.2, 0) is 4.79 Å². The van der Waals surface area contributed by atoms with E-state index in [1.807, 2.05) is 13.8 Å². The van der Waals surface area contributed by atoms with Crippen LogP contribution in [0.15, 0.2) is 18.2 Å². The Labute approximate surface area is 140 Å². The molecule has 0 bridgehead atoms. The number of carbonyl (C=O) groups excluding carboxylic acids is 2. The molecule has 7 heteroatoms. The molecule has 1 atom stereocenters. The van der Waals surface area contributed by atoms with Gasteiger partial charge in [-0.2, -0.15) is 0 Å². The van der Waals surface area contributed by atoms with Gasteiger partial charge in [-0.25, -0.2) is 8.78 Å². The topological polar surface area (TPSA) is 66.6 Å². The van der Waals surface area contributed by atoms with Crippen LogP contribution in [0.25, 0.3) is 0 Å². The van der Waals surface area contributed by atoms with E-state index >= 15 is 0 Å². The van der Waals surface area contributed by atoms with E-state index in [4.69, 9.17) is 5.73 Å². The predicted octanol–water partition coefficient (Wildman–Crippen LogP) is 1.62. The summed E-state index contributed by atoms with van der Waals surface area (Å²) < 4.78 is 26.7. The molecule has 2 amide bonds. The fraction of sp³-hybridized carbons (Fsp3) is 0.529. The smallest absolute Gasteiger partial charge is 0.256 e. The number of hydrogen-bond donors (Lipinski definition) is 1. The van der Waals surface area contributed by atoms with Crippen molar-refractivity contribution in [1.82, 2.24) is 9.80 Å². The molecule has 0 unspecified atom stereocenters. The first-order valence-electron chi connectivity index (χ1n) is 8.08. The number of nitrogens with zero attached hydrogens (tertiary/aromatic N) is 2. The third-order valence-corrected chi connectivity index (χ3v) is 4.08.